The zero-order chi connectivity index (χ0) is 22.0. The normalized spacial score (nSPS) is 13.7. The van der Waals surface area contributed by atoms with E-state index in [1.54, 1.807) is 30.3 Å². The van der Waals surface area contributed by atoms with E-state index in [2.05, 4.69) is 0 Å². The van der Waals surface area contributed by atoms with E-state index in [0.29, 0.717) is 38.3 Å². The Morgan fingerprint density at radius 1 is 0.806 bits per heavy atom. The van der Waals surface area contributed by atoms with Crippen molar-refractivity contribution in [2.75, 3.05) is 19.1 Å². The van der Waals surface area contributed by atoms with E-state index < -0.39 is 5.91 Å². The number of thioether (sulfide) groups is 1. The molecule has 0 radical (unpaired) electrons. The standard InChI is InChI=1S/C24H18ClNO4S/c1-29-19-13-10-17(14-20(19)30-2)26-23(27)21(15-6-4-3-5-7-15)22(24(26)28)31-18-11-8-16(25)9-12-18/h3-14H,1-2H3. The summed E-state index contributed by atoms with van der Waals surface area (Å²) in [7, 11) is 3.03. The van der Waals surface area contributed by atoms with Gasteiger partial charge in [-0.3, -0.25) is 9.59 Å². The third-order valence-corrected chi connectivity index (χ3v) is 6.11. The van der Waals surface area contributed by atoms with Crippen LogP contribution < -0.4 is 14.4 Å². The number of anilines is 1. The molecule has 1 heterocycles. The second kappa shape index (κ2) is 8.88. The predicted octanol–water partition coefficient (Wildman–Crippen LogP) is 5.43. The first-order chi connectivity index (χ1) is 15.0. The van der Waals surface area contributed by atoms with Gasteiger partial charge in [-0.05, 0) is 42.0 Å². The van der Waals surface area contributed by atoms with E-state index in [0.717, 1.165) is 4.90 Å². The molecule has 0 aliphatic carbocycles. The molecule has 3 aromatic rings. The number of halogens is 1. The Labute approximate surface area is 189 Å². The lowest BCUT2D eigenvalue weighted by molar-refractivity contribution is -0.119. The van der Waals surface area contributed by atoms with Gasteiger partial charge in [-0.2, -0.15) is 0 Å². The Morgan fingerprint density at radius 3 is 2.13 bits per heavy atom. The van der Waals surface area contributed by atoms with Crippen molar-refractivity contribution in [3.05, 3.63) is 88.3 Å². The van der Waals surface area contributed by atoms with E-state index in [4.69, 9.17) is 21.1 Å². The van der Waals surface area contributed by atoms with Gasteiger partial charge in [-0.25, -0.2) is 4.90 Å². The highest BCUT2D eigenvalue weighted by Crippen LogP contribution is 2.43. The van der Waals surface area contributed by atoms with E-state index in [9.17, 15) is 9.59 Å². The molecule has 1 aliphatic rings. The van der Waals surface area contributed by atoms with E-state index >= 15 is 0 Å². The van der Waals surface area contributed by atoms with Crippen LogP contribution in [0, 0.1) is 0 Å². The number of imide groups is 1. The van der Waals surface area contributed by atoms with Crippen molar-refractivity contribution in [1.82, 2.24) is 0 Å². The van der Waals surface area contributed by atoms with Gasteiger partial charge in [-0.15, -0.1) is 0 Å². The fraction of sp³-hybridized carbons (Fsp3) is 0.0833. The lowest BCUT2D eigenvalue weighted by Gasteiger charge is -2.17. The molecule has 0 saturated carbocycles. The van der Waals surface area contributed by atoms with Gasteiger partial charge in [0.25, 0.3) is 11.8 Å². The largest absolute Gasteiger partial charge is 0.493 e. The highest BCUT2D eigenvalue weighted by molar-refractivity contribution is 8.04. The summed E-state index contributed by atoms with van der Waals surface area (Å²) in [5.41, 5.74) is 1.45. The molecule has 0 N–H and O–H groups in total. The van der Waals surface area contributed by atoms with Gasteiger partial charge in [0.1, 0.15) is 0 Å². The van der Waals surface area contributed by atoms with Crippen molar-refractivity contribution in [1.29, 1.82) is 0 Å². The zero-order valence-electron chi connectivity index (χ0n) is 16.8. The smallest absolute Gasteiger partial charge is 0.272 e. The van der Waals surface area contributed by atoms with Gasteiger partial charge in [0.2, 0.25) is 0 Å². The van der Waals surface area contributed by atoms with Gasteiger partial charge in [0, 0.05) is 16.0 Å². The average Bonchev–Trinajstić information content (AvgIpc) is 3.04. The molecule has 0 unspecified atom stereocenters. The lowest BCUT2D eigenvalue weighted by Crippen LogP contribution is -2.31. The summed E-state index contributed by atoms with van der Waals surface area (Å²) >= 11 is 7.23. The van der Waals surface area contributed by atoms with Gasteiger partial charge >= 0.3 is 0 Å². The first-order valence-corrected chi connectivity index (χ1v) is 10.6. The molecule has 3 aromatic carbocycles. The predicted molar refractivity (Wildman–Crippen MR) is 123 cm³/mol. The van der Waals surface area contributed by atoms with Gasteiger partial charge in [0.15, 0.2) is 11.5 Å². The number of nitrogens with zero attached hydrogens (tertiary/aromatic N) is 1. The van der Waals surface area contributed by atoms with Crippen LogP contribution in [-0.2, 0) is 9.59 Å². The highest BCUT2D eigenvalue weighted by atomic mass is 35.5. The minimum atomic E-state index is -0.393. The maximum absolute atomic E-state index is 13.5. The molecule has 0 aromatic heterocycles. The monoisotopic (exact) mass is 451 g/mol. The molecule has 4 rings (SSSR count). The van der Waals surface area contributed by atoms with Crippen LogP contribution in [-0.4, -0.2) is 26.0 Å². The molecular formula is C24H18ClNO4S. The molecule has 0 atom stereocenters. The number of hydrogen-bond acceptors (Lipinski definition) is 5. The number of benzene rings is 3. The average molecular weight is 452 g/mol. The number of carbonyl (C=O) groups excluding carboxylic acids is 2. The van der Waals surface area contributed by atoms with Gasteiger partial charge in [0.05, 0.1) is 30.4 Å². The Hall–Kier alpha value is -3.22. The van der Waals surface area contributed by atoms with Crippen LogP contribution in [0.15, 0.2) is 82.6 Å². The maximum Gasteiger partial charge on any atom is 0.272 e. The minimum absolute atomic E-state index is 0.355. The maximum atomic E-state index is 13.5. The molecule has 2 amide bonds. The van der Waals surface area contributed by atoms with Crippen LogP contribution in [0.4, 0.5) is 5.69 Å². The second-order valence-electron chi connectivity index (χ2n) is 6.61. The fourth-order valence-corrected chi connectivity index (χ4v) is 4.40. The Kier molecular flexibility index (Phi) is 6.02. The topological polar surface area (TPSA) is 55.8 Å². The third-order valence-electron chi connectivity index (χ3n) is 4.76. The molecule has 0 bridgehead atoms. The molecule has 5 nitrogen and oxygen atoms in total. The summed E-state index contributed by atoms with van der Waals surface area (Å²) in [5.74, 6) is 0.161. The molecule has 1 aliphatic heterocycles. The molecule has 7 heteroatoms. The van der Waals surface area contributed by atoms with Crippen LogP contribution in [0.3, 0.4) is 0 Å². The number of carbonyl (C=O) groups is 2. The van der Waals surface area contributed by atoms with Gasteiger partial charge in [-0.1, -0.05) is 53.7 Å². The van der Waals surface area contributed by atoms with Crippen molar-refractivity contribution < 1.29 is 19.1 Å². The quantitative estimate of drug-likeness (QED) is 0.467. The first kappa shape index (κ1) is 21.0. The summed E-state index contributed by atoms with van der Waals surface area (Å²) < 4.78 is 10.6. The van der Waals surface area contributed by atoms with Crippen molar-refractivity contribution in [3.8, 4) is 11.5 Å². The van der Waals surface area contributed by atoms with Crippen LogP contribution in [0.2, 0.25) is 5.02 Å². The van der Waals surface area contributed by atoms with Crippen molar-refractivity contribution in [3.63, 3.8) is 0 Å². The van der Waals surface area contributed by atoms with Crippen LogP contribution in [0.5, 0.6) is 11.5 Å². The van der Waals surface area contributed by atoms with Crippen molar-refractivity contribution >= 4 is 46.4 Å². The molecule has 0 fully saturated rings. The summed E-state index contributed by atoms with van der Waals surface area (Å²) in [4.78, 5) is 29.3. The van der Waals surface area contributed by atoms with Crippen LogP contribution in [0.25, 0.3) is 5.57 Å². The Morgan fingerprint density at radius 2 is 1.48 bits per heavy atom. The van der Waals surface area contributed by atoms with Gasteiger partial charge < -0.3 is 9.47 Å². The number of amides is 2. The Bertz CT molecular complexity index is 1180. The number of rotatable bonds is 6. The van der Waals surface area contributed by atoms with E-state index in [1.807, 2.05) is 42.5 Å². The minimum Gasteiger partial charge on any atom is -0.493 e. The number of methoxy groups -OCH3 is 2. The number of hydrogen-bond donors (Lipinski definition) is 0. The lowest BCUT2D eigenvalue weighted by atomic mass is 10.1. The summed E-state index contributed by atoms with van der Waals surface area (Å²) in [6.45, 7) is 0. The fourth-order valence-electron chi connectivity index (χ4n) is 3.28. The highest BCUT2D eigenvalue weighted by Gasteiger charge is 2.40. The van der Waals surface area contributed by atoms with Crippen LogP contribution in [0.1, 0.15) is 5.56 Å². The third kappa shape index (κ3) is 4.04. The summed E-state index contributed by atoms with van der Waals surface area (Å²) in [6.07, 6.45) is 0. The Balaban J connectivity index is 1.80. The summed E-state index contributed by atoms with van der Waals surface area (Å²) in [6, 6.07) is 21.3. The molecule has 0 saturated heterocycles. The number of ether oxygens (including phenoxy) is 2. The zero-order valence-corrected chi connectivity index (χ0v) is 18.4. The molecular weight excluding hydrogens is 434 g/mol. The van der Waals surface area contributed by atoms with E-state index in [-0.39, 0.29) is 5.91 Å². The molecule has 0 spiro atoms. The van der Waals surface area contributed by atoms with E-state index in [1.165, 1.54) is 30.9 Å². The first-order valence-electron chi connectivity index (χ1n) is 9.37. The van der Waals surface area contributed by atoms with Crippen molar-refractivity contribution in [2.24, 2.45) is 0 Å². The molecule has 31 heavy (non-hydrogen) atoms. The molecule has 156 valence electrons. The second-order valence-corrected chi connectivity index (χ2v) is 8.13. The summed E-state index contributed by atoms with van der Waals surface area (Å²) in [5, 5.41) is 0.599. The SMILES string of the molecule is COc1ccc(N2C(=O)C(Sc3ccc(Cl)cc3)=C(c3ccccc3)C2=O)cc1OC. The van der Waals surface area contributed by atoms with Crippen LogP contribution >= 0.6 is 23.4 Å². The van der Waals surface area contributed by atoms with Crippen molar-refractivity contribution in [2.45, 2.75) is 4.90 Å².